The minimum Gasteiger partial charge on any atom is -0.493 e. The van der Waals surface area contributed by atoms with E-state index in [0.29, 0.717) is 18.3 Å². The van der Waals surface area contributed by atoms with E-state index in [4.69, 9.17) is 4.74 Å². The Labute approximate surface area is 101 Å². The third-order valence-corrected chi connectivity index (χ3v) is 2.83. The van der Waals surface area contributed by atoms with Gasteiger partial charge in [0.2, 0.25) is 0 Å². The molecule has 0 amide bonds. The quantitative estimate of drug-likeness (QED) is 0.852. The van der Waals surface area contributed by atoms with Gasteiger partial charge in [0.05, 0.1) is 6.61 Å². The molecule has 1 aliphatic heterocycles. The molecule has 1 N–H and O–H groups in total. The summed E-state index contributed by atoms with van der Waals surface area (Å²) in [6, 6.07) is 3.44. The molecule has 0 bridgehead atoms. The molecule has 1 aliphatic rings. The van der Waals surface area contributed by atoms with E-state index < -0.39 is 0 Å². The maximum Gasteiger partial charge on any atom is 0.254 e. The van der Waals surface area contributed by atoms with E-state index in [1.54, 1.807) is 17.7 Å². The maximum atomic E-state index is 11.5. The number of aryl methyl sites for hydroxylation is 1. The standard InChI is InChI=1S/C11H16N2O2.ClH/c1-8-3-10(4-11(14)13(8)2)15-7-9-5-12-6-9;/h3-4,9,12H,5-7H2,1-2H3;1H. The number of pyridine rings is 1. The molecule has 0 atom stereocenters. The summed E-state index contributed by atoms with van der Waals surface area (Å²) in [5, 5.41) is 3.18. The van der Waals surface area contributed by atoms with Crippen LogP contribution in [-0.4, -0.2) is 24.3 Å². The summed E-state index contributed by atoms with van der Waals surface area (Å²) in [5.41, 5.74) is 0.904. The van der Waals surface area contributed by atoms with Crippen molar-refractivity contribution in [2.45, 2.75) is 6.92 Å². The number of ether oxygens (including phenoxy) is 1. The summed E-state index contributed by atoms with van der Waals surface area (Å²) >= 11 is 0. The molecule has 1 saturated heterocycles. The molecule has 1 fully saturated rings. The lowest BCUT2D eigenvalue weighted by Gasteiger charge is -2.26. The van der Waals surface area contributed by atoms with Gasteiger partial charge in [-0.1, -0.05) is 0 Å². The first-order chi connectivity index (χ1) is 7.16. The van der Waals surface area contributed by atoms with Crippen molar-refractivity contribution < 1.29 is 4.74 Å². The van der Waals surface area contributed by atoms with Crippen LogP contribution in [0.5, 0.6) is 5.75 Å². The molecule has 1 aromatic rings. The van der Waals surface area contributed by atoms with Gasteiger partial charge in [-0.3, -0.25) is 4.79 Å². The van der Waals surface area contributed by atoms with Crippen LogP contribution in [0, 0.1) is 12.8 Å². The van der Waals surface area contributed by atoms with Gasteiger partial charge in [0.1, 0.15) is 5.75 Å². The highest BCUT2D eigenvalue weighted by atomic mass is 35.5. The minimum atomic E-state index is -0.0169. The van der Waals surface area contributed by atoms with E-state index in [1.807, 2.05) is 13.0 Å². The second-order valence-corrected chi connectivity index (χ2v) is 4.06. The molecule has 0 radical (unpaired) electrons. The minimum absolute atomic E-state index is 0. The Bertz CT molecular complexity index is 413. The Hall–Kier alpha value is -1.00. The maximum absolute atomic E-state index is 11.5. The zero-order valence-corrected chi connectivity index (χ0v) is 10.3. The Kier molecular flexibility index (Phi) is 4.38. The highest BCUT2D eigenvalue weighted by molar-refractivity contribution is 5.85. The number of nitrogens with zero attached hydrogens (tertiary/aromatic N) is 1. The normalized spacial score (nSPS) is 15.1. The van der Waals surface area contributed by atoms with E-state index in [2.05, 4.69) is 5.32 Å². The first-order valence-corrected chi connectivity index (χ1v) is 5.18. The Morgan fingerprint density at radius 1 is 1.50 bits per heavy atom. The van der Waals surface area contributed by atoms with Gasteiger partial charge in [0.25, 0.3) is 5.56 Å². The van der Waals surface area contributed by atoms with E-state index in [-0.39, 0.29) is 18.0 Å². The van der Waals surface area contributed by atoms with Crippen LogP contribution in [0.3, 0.4) is 0 Å². The van der Waals surface area contributed by atoms with E-state index in [9.17, 15) is 4.79 Å². The second-order valence-electron chi connectivity index (χ2n) is 4.06. The third kappa shape index (κ3) is 2.77. The fourth-order valence-electron chi connectivity index (χ4n) is 1.50. The summed E-state index contributed by atoms with van der Waals surface area (Å²) in [4.78, 5) is 11.5. The zero-order valence-electron chi connectivity index (χ0n) is 9.53. The lowest BCUT2D eigenvalue weighted by molar-refractivity contribution is 0.198. The van der Waals surface area contributed by atoms with Crippen molar-refractivity contribution >= 4 is 12.4 Å². The van der Waals surface area contributed by atoms with Gasteiger partial charge in [-0.15, -0.1) is 12.4 Å². The van der Waals surface area contributed by atoms with Crippen LogP contribution in [0.25, 0.3) is 0 Å². The van der Waals surface area contributed by atoms with E-state index in [1.165, 1.54) is 0 Å². The average molecular weight is 245 g/mol. The summed E-state index contributed by atoms with van der Waals surface area (Å²) in [5.74, 6) is 1.27. The molecule has 2 rings (SSSR count). The van der Waals surface area contributed by atoms with Gasteiger partial charge in [-0.2, -0.15) is 0 Å². The number of rotatable bonds is 3. The summed E-state index contributed by atoms with van der Waals surface area (Å²) in [7, 11) is 1.76. The molecule has 0 aliphatic carbocycles. The highest BCUT2D eigenvalue weighted by Gasteiger charge is 2.17. The van der Waals surface area contributed by atoms with E-state index in [0.717, 1.165) is 18.8 Å². The topological polar surface area (TPSA) is 43.3 Å². The van der Waals surface area contributed by atoms with Crippen LogP contribution in [0.2, 0.25) is 0 Å². The first kappa shape index (κ1) is 13.1. The first-order valence-electron chi connectivity index (χ1n) is 5.18. The predicted octanol–water partition coefficient (Wildman–Crippen LogP) is 0.714. The van der Waals surface area contributed by atoms with Crippen molar-refractivity contribution in [1.29, 1.82) is 0 Å². The second kappa shape index (κ2) is 5.37. The molecule has 16 heavy (non-hydrogen) atoms. The SMILES string of the molecule is Cc1cc(OCC2CNC2)cc(=O)n1C.Cl. The Morgan fingerprint density at radius 3 is 2.69 bits per heavy atom. The Morgan fingerprint density at radius 2 is 2.19 bits per heavy atom. The van der Waals surface area contributed by atoms with Crippen LogP contribution < -0.4 is 15.6 Å². The van der Waals surface area contributed by atoms with Gasteiger partial charge in [0, 0.05) is 37.8 Å². The van der Waals surface area contributed by atoms with Crippen molar-refractivity contribution in [3.8, 4) is 5.75 Å². The molecule has 2 heterocycles. The van der Waals surface area contributed by atoms with Crippen LogP contribution in [0.4, 0.5) is 0 Å². The van der Waals surface area contributed by atoms with Gasteiger partial charge in [-0.05, 0) is 13.0 Å². The molecular formula is C11H17ClN2O2. The molecule has 4 nitrogen and oxygen atoms in total. The van der Waals surface area contributed by atoms with Crippen molar-refractivity contribution in [3.63, 3.8) is 0 Å². The fraction of sp³-hybridized carbons (Fsp3) is 0.545. The summed E-state index contributed by atoms with van der Waals surface area (Å²) in [6.45, 7) is 4.63. The van der Waals surface area contributed by atoms with Gasteiger partial charge in [-0.25, -0.2) is 0 Å². The zero-order chi connectivity index (χ0) is 10.8. The number of hydrogen-bond acceptors (Lipinski definition) is 3. The predicted molar refractivity (Wildman–Crippen MR) is 65.5 cm³/mol. The number of aromatic nitrogens is 1. The molecule has 5 heteroatoms. The van der Waals surface area contributed by atoms with Crippen molar-refractivity contribution in [2.24, 2.45) is 13.0 Å². The van der Waals surface area contributed by atoms with Crippen LogP contribution >= 0.6 is 12.4 Å². The number of halogens is 1. The van der Waals surface area contributed by atoms with Crippen LogP contribution in [0.1, 0.15) is 5.69 Å². The van der Waals surface area contributed by atoms with Crippen LogP contribution in [0.15, 0.2) is 16.9 Å². The molecule has 1 aromatic heterocycles. The molecule has 0 saturated carbocycles. The summed E-state index contributed by atoms with van der Waals surface area (Å²) in [6.07, 6.45) is 0. The van der Waals surface area contributed by atoms with Gasteiger partial charge in [0.15, 0.2) is 0 Å². The number of nitrogens with one attached hydrogen (secondary N) is 1. The smallest absolute Gasteiger partial charge is 0.254 e. The lowest BCUT2D eigenvalue weighted by atomic mass is 10.1. The van der Waals surface area contributed by atoms with E-state index >= 15 is 0 Å². The van der Waals surface area contributed by atoms with Gasteiger partial charge < -0.3 is 14.6 Å². The third-order valence-electron chi connectivity index (χ3n) is 2.83. The molecule has 0 spiro atoms. The highest BCUT2D eigenvalue weighted by Crippen LogP contribution is 2.12. The van der Waals surface area contributed by atoms with Crippen molar-refractivity contribution in [3.05, 3.63) is 28.2 Å². The number of hydrogen-bond donors (Lipinski definition) is 1. The van der Waals surface area contributed by atoms with Crippen molar-refractivity contribution in [2.75, 3.05) is 19.7 Å². The molecular weight excluding hydrogens is 228 g/mol. The average Bonchev–Trinajstić information content (AvgIpc) is 2.11. The largest absolute Gasteiger partial charge is 0.493 e. The molecule has 0 unspecified atom stereocenters. The fourth-order valence-corrected chi connectivity index (χ4v) is 1.50. The van der Waals surface area contributed by atoms with Gasteiger partial charge >= 0.3 is 0 Å². The lowest BCUT2D eigenvalue weighted by Crippen LogP contribution is -2.45. The monoisotopic (exact) mass is 244 g/mol. The Balaban J connectivity index is 0.00000128. The molecule has 0 aromatic carbocycles. The summed E-state index contributed by atoms with van der Waals surface area (Å²) < 4.78 is 7.18. The molecule has 90 valence electrons. The van der Waals surface area contributed by atoms with Crippen molar-refractivity contribution in [1.82, 2.24) is 9.88 Å². The van der Waals surface area contributed by atoms with Crippen LogP contribution in [-0.2, 0) is 7.05 Å².